The number of hydrogen-bond donors (Lipinski definition) is 4. The van der Waals surface area contributed by atoms with E-state index in [2.05, 4.69) is 27.9 Å². The zero-order valence-electron chi connectivity index (χ0n) is 16.8. The van der Waals surface area contributed by atoms with Crippen molar-refractivity contribution in [1.82, 2.24) is 5.48 Å². The molecule has 0 bridgehead atoms. The van der Waals surface area contributed by atoms with Crippen LogP contribution in [0.4, 0.5) is 10.5 Å². The minimum absolute atomic E-state index is 0.0469. The molecule has 0 spiro atoms. The number of nitrogens with one attached hydrogen (secondary N) is 2. The maximum Gasteiger partial charge on any atom is 0.412 e. The molecule has 0 radical (unpaired) electrons. The van der Waals surface area contributed by atoms with Crippen molar-refractivity contribution in [3.05, 3.63) is 69.3 Å². The van der Waals surface area contributed by atoms with E-state index in [0.717, 1.165) is 9.13 Å². The molecule has 0 aliphatic carbocycles. The predicted molar refractivity (Wildman–Crippen MR) is 122 cm³/mol. The lowest BCUT2D eigenvalue weighted by atomic mass is 9.92. The van der Waals surface area contributed by atoms with Crippen molar-refractivity contribution < 1.29 is 24.6 Å². The number of phenols is 1. The molecule has 0 saturated carbocycles. The van der Waals surface area contributed by atoms with Crippen molar-refractivity contribution in [1.29, 1.82) is 0 Å². The molecule has 4 N–H and O–H groups in total. The highest BCUT2D eigenvalue weighted by Gasteiger charge is 2.26. The number of hydrogen-bond acceptors (Lipinski definition) is 5. The maximum atomic E-state index is 12.5. The van der Waals surface area contributed by atoms with Gasteiger partial charge in [0.2, 0.25) is 0 Å². The van der Waals surface area contributed by atoms with Gasteiger partial charge in [0.15, 0.2) is 0 Å². The summed E-state index contributed by atoms with van der Waals surface area (Å²) in [5, 5.41) is 21.6. The molecule has 160 valence electrons. The molecular weight excluding hydrogens is 499 g/mol. The Morgan fingerprint density at radius 2 is 1.90 bits per heavy atom. The van der Waals surface area contributed by atoms with Gasteiger partial charge in [-0.2, -0.15) is 0 Å². The van der Waals surface area contributed by atoms with Crippen LogP contribution in [0, 0.1) is 16.4 Å². The summed E-state index contributed by atoms with van der Waals surface area (Å²) in [6.07, 6.45) is 2.66. The van der Waals surface area contributed by atoms with Gasteiger partial charge in [0.1, 0.15) is 11.9 Å². The fraction of sp³-hybridized carbons (Fsp3) is 0.273. The van der Waals surface area contributed by atoms with Crippen LogP contribution in [0.5, 0.6) is 5.75 Å². The molecule has 8 heteroatoms. The van der Waals surface area contributed by atoms with Crippen LogP contribution in [0.3, 0.4) is 0 Å². The number of anilines is 1. The summed E-state index contributed by atoms with van der Waals surface area (Å²) in [4.78, 5) is 23.6. The van der Waals surface area contributed by atoms with Gasteiger partial charge in [0.05, 0.1) is 0 Å². The highest BCUT2D eigenvalue weighted by Crippen LogP contribution is 2.36. The highest BCUT2D eigenvalue weighted by atomic mass is 127. The molecular formula is C22H25IN2O5. The predicted octanol–water partition coefficient (Wildman–Crippen LogP) is 5.07. The Kier molecular flexibility index (Phi) is 9.13. The quantitative estimate of drug-likeness (QED) is 0.167. The number of aryl methyl sites for hydroxylation is 1. The van der Waals surface area contributed by atoms with Crippen LogP contribution in [0.25, 0.3) is 0 Å². The molecule has 0 saturated heterocycles. The number of carbonyl (C=O) groups excluding carboxylic acids is 2. The zero-order valence-corrected chi connectivity index (χ0v) is 18.9. The van der Waals surface area contributed by atoms with E-state index < -0.39 is 18.1 Å². The molecule has 30 heavy (non-hydrogen) atoms. The summed E-state index contributed by atoms with van der Waals surface area (Å²) in [6, 6.07) is 12.5. The lowest BCUT2D eigenvalue weighted by Gasteiger charge is -2.25. The van der Waals surface area contributed by atoms with Gasteiger partial charge in [0.25, 0.3) is 5.91 Å². The van der Waals surface area contributed by atoms with Gasteiger partial charge in [-0.05, 0) is 78.6 Å². The Balaban J connectivity index is 2.15. The Hall–Kier alpha value is -2.59. The summed E-state index contributed by atoms with van der Waals surface area (Å²) in [6.45, 7) is 3.86. The summed E-state index contributed by atoms with van der Waals surface area (Å²) < 4.78 is 6.61. The Bertz CT molecular complexity index is 899. The first-order valence-corrected chi connectivity index (χ1v) is 10.5. The van der Waals surface area contributed by atoms with Crippen LogP contribution in [-0.2, 0) is 9.53 Å². The molecule has 2 atom stereocenters. The van der Waals surface area contributed by atoms with Gasteiger partial charge in [-0.1, -0.05) is 30.7 Å². The third-order valence-electron chi connectivity index (χ3n) is 4.51. The SMILES string of the molecule is Cc1ccc(NC(=O)O[C@H](c2cc(I)ccc2O)[C@H](C)CC/C=C/C(=O)NO)cc1. The number of amides is 2. The lowest BCUT2D eigenvalue weighted by molar-refractivity contribution is -0.124. The fourth-order valence-corrected chi connectivity index (χ4v) is 3.39. The van der Waals surface area contributed by atoms with Crippen molar-refractivity contribution in [2.75, 3.05) is 5.32 Å². The molecule has 0 aliphatic heterocycles. The number of phenolic OH excluding ortho intramolecular Hbond substituents is 1. The highest BCUT2D eigenvalue weighted by molar-refractivity contribution is 14.1. The number of benzene rings is 2. The molecule has 7 nitrogen and oxygen atoms in total. The third kappa shape index (κ3) is 7.34. The van der Waals surface area contributed by atoms with E-state index in [1.807, 2.05) is 26.0 Å². The van der Waals surface area contributed by atoms with Gasteiger partial charge in [0, 0.05) is 20.9 Å². The molecule has 2 amide bonds. The number of allylic oxidation sites excluding steroid dienone is 1. The fourth-order valence-electron chi connectivity index (χ4n) is 2.88. The molecule has 0 unspecified atom stereocenters. The van der Waals surface area contributed by atoms with Gasteiger partial charge >= 0.3 is 6.09 Å². The van der Waals surface area contributed by atoms with E-state index in [1.54, 1.807) is 36.4 Å². The molecule has 0 aliphatic rings. The first-order chi connectivity index (χ1) is 14.3. The lowest BCUT2D eigenvalue weighted by Crippen LogP contribution is -2.22. The van der Waals surface area contributed by atoms with Crippen molar-refractivity contribution in [2.24, 2.45) is 5.92 Å². The van der Waals surface area contributed by atoms with Crippen molar-refractivity contribution in [3.63, 3.8) is 0 Å². The summed E-state index contributed by atoms with van der Waals surface area (Å²) >= 11 is 2.13. The molecule has 0 fully saturated rings. The van der Waals surface area contributed by atoms with Gasteiger partial charge in [-0.25, -0.2) is 10.3 Å². The zero-order chi connectivity index (χ0) is 22.1. The van der Waals surface area contributed by atoms with Gasteiger partial charge in [-0.15, -0.1) is 0 Å². The first-order valence-electron chi connectivity index (χ1n) is 9.43. The minimum Gasteiger partial charge on any atom is -0.508 e. The van der Waals surface area contributed by atoms with E-state index in [9.17, 15) is 14.7 Å². The van der Waals surface area contributed by atoms with Crippen molar-refractivity contribution in [3.8, 4) is 5.75 Å². The monoisotopic (exact) mass is 524 g/mol. The van der Waals surface area contributed by atoms with Crippen molar-refractivity contribution in [2.45, 2.75) is 32.8 Å². The molecule has 2 aromatic rings. The number of carbonyl (C=O) groups is 2. The summed E-state index contributed by atoms with van der Waals surface area (Å²) in [7, 11) is 0. The van der Waals surface area contributed by atoms with E-state index in [4.69, 9.17) is 9.94 Å². The molecule has 2 rings (SSSR count). The Morgan fingerprint density at radius 1 is 1.20 bits per heavy atom. The second-order valence-electron chi connectivity index (χ2n) is 6.95. The van der Waals surface area contributed by atoms with Crippen LogP contribution >= 0.6 is 22.6 Å². The number of hydroxylamine groups is 1. The number of halogens is 1. The van der Waals surface area contributed by atoms with Crippen LogP contribution < -0.4 is 10.8 Å². The average Bonchev–Trinajstić information content (AvgIpc) is 2.72. The van der Waals surface area contributed by atoms with Gasteiger partial charge < -0.3 is 9.84 Å². The van der Waals surface area contributed by atoms with Crippen LogP contribution in [-0.4, -0.2) is 22.3 Å². The second kappa shape index (κ2) is 11.6. The number of rotatable bonds is 8. The van der Waals surface area contributed by atoms with Crippen LogP contribution in [0.1, 0.15) is 37.0 Å². The van der Waals surface area contributed by atoms with Crippen LogP contribution in [0.2, 0.25) is 0 Å². The van der Waals surface area contributed by atoms with E-state index in [1.165, 1.54) is 11.6 Å². The Labute approximate surface area is 189 Å². The smallest absolute Gasteiger partial charge is 0.412 e. The maximum absolute atomic E-state index is 12.5. The normalized spacial score (nSPS) is 12.9. The number of aromatic hydroxyl groups is 1. The molecule has 2 aromatic carbocycles. The average molecular weight is 524 g/mol. The topological polar surface area (TPSA) is 108 Å². The number of ether oxygens (including phenoxy) is 1. The standard InChI is InChI=1S/C22H25IN2O5/c1-14-7-10-17(11-8-14)24-22(28)30-21(18-13-16(23)9-12-19(18)26)15(2)5-3-4-6-20(27)25-29/h4,6-13,15,21,26,29H,3,5H2,1-2H3,(H,24,28)(H,25,27)/b6-4+/t15-,21+/m1/s1. The van der Waals surface area contributed by atoms with E-state index in [-0.39, 0.29) is 11.7 Å². The van der Waals surface area contributed by atoms with Crippen molar-refractivity contribution >= 4 is 40.3 Å². The first kappa shape index (κ1) is 23.7. The largest absolute Gasteiger partial charge is 0.508 e. The minimum atomic E-state index is -0.690. The molecule has 0 heterocycles. The van der Waals surface area contributed by atoms with Crippen LogP contribution in [0.15, 0.2) is 54.6 Å². The Morgan fingerprint density at radius 3 is 2.57 bits per heavy atom. The third-order valence-corrected chi connectivity index (χ3v) is 5.18. The van der Waals surface area contributed by atoms with E-state index in [0.29, 0.717) is 24.1 Å². The second-order valence-corrected chi connectivity index (χ2v) is 8.20. The van der Waals surface area contributed by atoms with Gasteiger partial charge in [-0.3, -0.25) is 15.3 Å². The van der Waals surface area contributed by atoms with E-state index >= 15 is 0 Å². The summed E-state index contributed by atoms with van der Waals surface area (Å²) in [5.41, 5.74) is 3.74. The molecule has 0 aromatic heterocycles. The summed E-state index contributed by atoms with van der Waals surface area (Å²) in [5.74, 6) is -0.714.